The molecule has 0 bridgehead atoms. The third-order valence-corrected chi connectivity index (χ3v) is 5.45. The number of H-pyrrole nitrogens is 1. The number of para-hydroxylation sites is 1. The summed E-state index contributed by atoms with van der Waals surface area (Å²) in [5, 5.41) is 0. The highest BCUT2D eigenvalue weighted by Crippen LogP contribution is 2.58. The molecule has 3 aliphatic rings. The van der Waals surface area contributed by atoms with Crippen LogP contribution in [-0.4, -0.2) is 15.9 Å². The van der Waals surface area contributed by atoms with Gasteiger partial charge in [-0.15, -0.1) is 0 Å². The first-order chi connectivity index (χ1) is 13.1. The van der Waals surface area contributed by atoms with E-state index in [-0.39, 0.29) is 5.91 Å². The maximum atomic E-state index is 13.5. The molecule has 1 aromatic heterocycles. The summed E-state index contributed by atoms with van der Waals surface area (Å²) in [6, 6.07) is 16.0. The summed E-state index contributed by atoms with van der Waals surface area (Å²) < 4.78 is 0. The first kappa shape index (κ1) is 15.8. The van der Waals surface area contributed by atoms with Gasteiger partial charge in [-0.1, -0.05) is 18.2 Å². The van der Waals surface area contributed by atoms with Crippen molar-refractivity contribution in [2.45, 2.75) is 19.3 Å². The lowest BCUT2D eigenvalue weighted by Gasteiger charge is -2.23. The van der Waals surface area contributed by atoms with Crippen molar-refractivity contribution in [2.75, 3.05) is 4.90 Å². The number of aromatic amines is 1. The Labute approximate surface area is 157 Å². The van der Waals surface area contributed by atoms with Crippen LogP contribution in [0.25, 0.3) is 22.3 Å². The molecular weight excluding hydrogens is 334 g/mol. The second-order valence-electron chi connectivity index (χ2n) is 7.41. The number of nitrogens with one attached hydrogen (secondary N) is 1. The molecule has 5 rings (SSSR count). The molecule has 0 saturated carbocycles. The van der Waals surface area contributed by atoms with E-state index >= 15 is 0 Å². The van der Waals surface area contributed by atoms with Crippen LogP contribution in [0.2, 0.25) is 0 Å². The average molecular weight is 353 g/mol. The topological polar surface area (TPSA) is 49.0 Å². The van der Waals surface area contributed by atoms with E-state index in [4.69, 9.17) is 0 Å². The molecule has 1 N–H and O–H groups in total. The molecule has 0 atom stereocenters. The van der Waals surface area contributed by atoms with Crippen LogP contribution in [0.5, 0.6) is 0 Å². The van der Waals surface area contributed by atoms with Crippen molar-refractivity contribution in [1.82, 2.24) is 9.97 Å². The fourth-order valence-electron chi connectivity index (χ4n) is 4.21. The van der Waals surface area contributed by atoms with E-state index in [0.717, 1.165) is 39.2 Å². The van der Waals surface area contributed by atoms with E-state index in [2.05, 4.69) is 16.0 Å². The zero-order chi connectivity index (χ0) is 18.6. The van der Waals surface area contributed by atoms with Gasteiger partial charge in [0, 0.05) is 41.6 Å². The van der Waals surface area contributed by atoms with Gasteiger partial charge in [-0.3, -0.25) is 14.7 Å². The number of pyridine rings is 2. The Morgan fingerprint density at radius 1 is 0.963 bits per heavy atom. The molecule has 0 radical (unpaired) electrons. The number of rotatable bonds is 2. The maximum Gasteiger partial charge on any atom is 0.241 e. The average Bonchev–Trinajstić information content (AvgIpc) is 3.14. The summed E-state index contributed by atoms with van der Waals surface area (Å²) in [5.41, 5.74) is 6.73. The summed E-state index contributed by atoms with van der Waals surface area (Å²) in [6.07, 6.45) is 7.53. The largest absolute Gasteiger partial charge is 0.367 e. The molecule has 2 aromatic rings. The third kappa shape index (κ3) is 2.10. The van der Waals surface area contributed by atoms with E-state index in [1.54, 1.807) is 12.4 Å². The van der Waals surface area contributed by atoms with E-state index in [9.17, 15) is 4.79 Å². The Kier molecular flexibility index (Phi) is 3.25. The van der Waals surface area contributed by atoms with Gasteiger partial charge in [-0.2, -0.15) is 0 Å². The van der Waals surface area contributed by atoms with Gasteiger partial charge in [0.25, 0.3) is 0 Å². The third-order valence-electron chi connectivity index (χ3n) is 5.45. The van der Waals surface area contributed by atoms with E-state index < -0.39 is 5.41 Å². The SMILES string of the molecule is CC1(C)C(=O)N(c2ccccc2)c2c(-c3ccncc3)c3c[nH]ccc-3c21. The highest BCUT2D eigenvalue weighted by molar-refractivity contribution is 6.20. The molecule has 132 valence electrons. The van der Waals surface area contributed by atoms with Gasteiger partial charge in [0.05, 0.1) is 11.1 Å². The Morgan fingerprint density at radius 2 is 1.70 bits per heavy atom. The number of amides is 1. The van der Waals surface area contributed by atoms with Crippen LogP contribution in [0.4, 0.5) is 11.4 Å². The van der Waals surface area contributed by atoms with E-state index in [1.807, 2.05) is 73.6 Å². The number of hydrogen-bond donors (Lipinski definition) is 1. The normalized spacial score (nSPS) is 15.3. The monoisotopic (exact) mass is 353 g/mol. The van der Waals surface area contributed by atoms with Gasteiger partial charge in [-0.25, -0.2) is 0 Å². The van der Waals surface area contributed by atoms with Crippen molar-refractivity contribution < 1.29 is 4.79 Å². The number of hydrogen-bond acceptors (Lipinski definition) is 2. The number of benzene rings is 1. The van der Waals surface area contributed by atoms with E-state index in [0.29, 0.717) is 0 Å². The zero-order valence-corrected chi connectivity index (χ0v) is 15.2. The molecule has 0 spiro atoms. The molecule has 4 nitrogen and oxygen atoms in total. The van der Waals surface area contributed by atoms with Gasteiger partial charge in [0.15, 0.2) is 0 Å². The molecule has 3 heterocycles. The van der Waals surface area contributed by atoms with Crippen LogP contribution in [0.3, 0.4) is 0 Å². The Hall–Kier alpha value is -3.40. The fraction of sp³-hybridized carbons (Fsp3) is 0.130. The lowest BCUT2D eigenvalue weighted by Crippen LogP contribution is -2.33. The second-order valence-corrected chi connectivity index (χ2v) is 7.41. The maximum absolute atomic E-state index is 13.5. The fourth-order valence-corrected chi connectivity index (χ4v) is 4.21. The van der Waals surface area contributed by atoms with Gasteiger partial charge in [0.1, 0.15) is 0 Å². The first-order valence-electron chi connectivity index (χ1n) is 9.03. The summed E-state index contributed by atoms with van der Waals surface area (Å²) >= 11 is 0. The number of aromatic nitrogens is 2. The minimum atomic E-state index is -0.601. The lowest BCUT2D eigenvalue weighted by molar-refractivity contribution is -0.121. The van der Waals surface area contributed by atoms with Crippen LogP contribution in [0.1, 0.15) is 19.4 Å². The van der Waals surface area contributed by atoms with Crippen LogP contribution < -0.4 is 4.90 Å². The van der Waals surface area contributed by atoms with Crippen molar-refractivity contribution in [2.24, 2.45) is 0 Å². The second kappa shape index (κ2) is 5.55. The quantitative estimate of drug-likeness (QED) is 0.542. The van der Waals surface area contributed by atoms with Crippen molar-refractivity contribution in [3.05, 3.63) is 78.9 Å². The summed E-state index contributed by atoms with van der Waals surface area (Å²) in [7, 11) is 0. The van der Waals surface area contributed by atoms with Crippen molar-refractivity contribution >= 4 is 17.3 Å². The summed E-state index contributed by atoms with van der Waals surface area (Å²) in [5.74, 6) is 0.101. The smallest absolute Gasteiger partial charge is 0.241 e. The standard InChI is InChI=1S/C23H19N3O/c1-23(2)20-17-10-13-25-14-18(17)19(15-8-11-24-12-9-15)21(20)26(22(23)27)16-6-4-3-5-7-16/h3-14,25H,1-2H3. The number of carbonyl (C=O) groups excluding carboxylic acids is 1. The Bertz CT molecular complexity index is 1110. The highest BCUT2D eigenvalue weighted by Gasteiger charge is 2.49. The molecule has 0 unspecified atom stereocenters. The highest BCUT2D eigenvalue weighted by atomic mass is 16.2. The predicted molar refractivity (Wildman–Crippen MR) is 107 cm³/mol. The van der Waals surface area contributed by atoms with Gasteiger partial charge < -0.3 is 4.98 Å². The molecule has 4 heteroatoms. The summed E-state index contributed by atoms with van der Waals surface area (Å²) in [6.45, 7) is 4.03. The molecule has 27 heavy (non-hydrogen) atoms. The van der Waals surface area contributed by atoms with Gasteiger partial charge in [0.2, 0.25) is 5.91 Å². The molecule has 1 aliphatic carbocycles. The van der Waals surface area contributed by atoms with Crippen molar-refractivity contribution in [1.29, 1.82) is 0 Å². The Morgan fingerprint density at radius 3 is 2.44 bits per heavy atom. The molecule has 0 fully saturated rings. The zero-order valence-electron chi connectivity index (χ0n) is 15.2. The van der Waals surface area contributed by atoms with E-state index in [1.165, 1.54) is 0 Å². The minimum Gasteiger partial charge on any atom is -0.367 e. The van der Waals surface area contributed by atoms with Crippen molar-refractivity contribution in [3.8, 4) is 22.3 Å². The van der Waals surface area contributed by atoms with Crippen LogP contribution in [0.15, 0.2) is 73.3 Å². The molecule has 2 aliphatic heterocycles. The molecule has 0 saturated heterocycles. The summed E-state index contributed by atoms with van der Waals surface area (Å²) in [4.78, 5) is 22.7. The Balaban J connectivity index is 1.91. The minimum absolute atomic E-state index is 0.101. The molecular formula is C23H19N3O. The number of fused-ring (bicyclic) bond motifs is 3. The first-order valence-corrected chi connectivity index (χ1v) is 9.03. The number of carbonyl (C=O) groups is 1. The van der Waals surface area contributed by atoms with Crippen LogP contribution in [0, 0.1) is 0 Å². The predicted octanol–water partition coefficient (Wildman–Crippen LogP) is 5.14. The van der Waals surface area contributed by atoms with Gasteiger partial charge >= 0.3 is 0 Å². The van der Waals surface area contributed by atoms with Crippen LogP contribution >= 0.6 is 0 Å². The number of anilines is 2. The molecule has 1 aromatic carbocycles. The molecule has 1 amide bonds. The lowest BCUT2D eigenvalue weighted by atomic mass is 9.84. The number of nitrogens with zero attached hydrogens (tertiary/aromatic N) is 2. The van der Waals surface area contributed by atoms with Crippen LogP contribution in [-0.2, 0) is 10.2 Å². The van der Waals surface area contributed by atoms with Gasteiger partial charge in [-0.05, 0) is 60.9 Å². The van der Waals surface area contributed by atoms with Crippen molar-refractivity contribution in [3.63, 3.8) is 0 Å².